The molecule has 0 unspecified atom stereocenters. The minimum absolute atomic E-state index is 0.0195. The number of amides is 1. The number of anilines is 1. The molecule has 5 nitrogen and oxygen atoms in total. The Morgan fingerprint density at radius 1 is 1.04 bits per heavy atom. The van der Waals surface area contributed by atoms with Gasteiger partial charge in [-0.25, -0.2) is 18.0 Å². The van der Waals surface area contributed by atoms with E-state index in [-0.39, 0.29) is 11.4 Å². The SMILES string of the molecule is COc1ccc(/C=C/C(=O)O[C@@H](C)C(=O)Nc2ccc(F)c(F)c2)cc1F. The Labute approximate surface area is 153 Å². The van der Waals surface area contributed by atoms with Crippen molar-refractivity contribution in [2.24, 2.45) is 0 Å². The average Bonchev–Trinajstić information content (AvgIpc) is 2.63. The molecule has 0 heterocycles. The quantitative estimate of drug-likeness (QED) is 0.614. The Kier molecular flexibility index (Phi) is 6.59. The molecule has 0 fully saturated rings. The van der Waals surface area contributed by atoms with Crippen molar-refractivity contribution in [3.63, 3.8) is 0 Å². The number of carbonyl (C=O) groups is 2. The average molecular weight is 379 g/mol. The number of nitrogens with one attached hydrogen (secondary N) is 1. The van der Waals surface area contributed by atoms with Crippen LogP contribution in [0.2, 0.25) is 0 Å². The highest BCUT2D eigenvalue weighted by molar-refractivity contribution is 5.96. The van der Waals surface area contributed by atoms with Crippen molar-refractivity contribution in [1.82, 2.24) is 0 Å². The number of hydrogen-bond acceptors (Lipinski definition) is 4. The van der Waals surface area contributed by atoms with Gasteiger partial charge < -0.3 is 14.8 Å². The van der Waals surface area contributed by atoms with Gasteiger partial charge in [-0.1, -0.05) is 6.07 Å². The van der Waals surface area contributed by atoms with Crippen LogP contribution in [0.15, 0.2) is 42.5 Å². The Bertz CT molecular complexity index is 883. The highest BCUT2D eigenvalue weighted by Gasteiger charge is 2.17. The fourth-order valence-electron chi connectivity index (χ4n) is 2.04. The van der Waals surface area contributed by atoms with Crippen LogP contribution in [-0.4, -0.2) is 25.1 Å². The van der Waals surface area contributed by atoms with Gasteiger partial charge in [0, 0.05) is 17.8 Å². The molecule has 1 atom stereocenters. The highest BCUT2D eigenvalue weighted by Crippen LogP contribution is 2.18. The normalized spacial score (nSPS) is 11.9. The zero-order valence-corrected chi connectivity index (χ0v) is 14.5. The van der Waals surface area contributed by atoms with Crippen LogP contribution in [0.25, 0.3) is 6.08 Å². The molecule has 2 aromatic carbocycles. The van der Waals surface area contributed by atoms with Gasteiger partial charge in [0.1, 0.15) is 0 Å². The fraction of sp³-hybridized carbons (Fsp3) is 0.158. The molecule has 0 aromatic heterocycles. The van der Waals surface area contributed by atoms with Gasteiger partial charge >= 0.3 is 5.97 Å². The first kappa shape index (κ1) is 20.0. The second-order valence-corrected chi connectivity index (χ2v) is 5.42. The molecule has 8 heteroatoms. The summed E-state index contributed by atoms with van der Waals surface area (Å²) >= 11 is 0. The lowest BCUT2D eigenvalue weighted by Crippen LogP contribution is -2.29. The van der Waals surface area contributed by atoms with Crippen molar-refractivity contribution in [1.29, 1.82) is 0 Å². The largest absolute Gasteiger partial charge is 0.494 e. The minimum atomic E-state index is -1.19. The van der Waals surface area contributed by atoms with E-state index in [1.807, 2.05) is 0 Å². The molecule has 0 radical (unpaired) electrons. The summed E-state index contributed by atoms with van der Waals surface area (Å²) in [6, 6.07) is 6.94. The van der Waals surface area contributed by atoms with Crippen LogP contribution in [-0.2, 0) is 14.3 Å². The van der Waals surface area contributed by atoms with Crippen LogP contribution in [0, 0.1) is 17.5 Å². The minimum Gasteiger partial charge on any atom is -0.494 e. The lowest BCUT2D eigenvalue weighted by molar-refractivity contribution is -0.148. The molecule has 2 rings (SSSR count). The number of ether oxygens (including phenoxy) is 2. The van der Waals surface area contributed by atoms with Gasteiger partial charge in [-0.3, -0.25) is 4.79 Å². The van der Waals surface area contributed by atoms with Gasteiger partial charge in [0.05, 0.1) is 7.11 Å². The van der Waals surface area contributed by atoms with Gasteiger partial charge in [-0.15, -0.1) is 0 Å². The standard InChI is InChI=1S/C19H16F3NO4/c1-11(19(25)23-13-5-6-14(20)15(21)10-13)27-18(24)8-4-12-3-7-17(26-2)16(22)9-12/h3-11H,1-2H3,(H,23,25)/b8-4+/t11-/m0/s1. The highest BCUT2D eigenvalue weighted by atomic mass is 19.2. The molecular weight excluding hydrogens is 363 g/mol. The van der Waals surface area contributed by atoms with E-state index in [4.69, 9.17) is 9.47 Å². The molecule has 1 N–H and O–H groups in total. The Morgan fingerprint density at radius 3 is 2.41 bits per heavy atom. The van der Waals surface area contributed by atoms with Crippen LogP contribution in [0.3, 0.4) is 0 Å². The molecule has 0 aliphatic rings. The second kappa shape index (κ2) is 8.88. The molecule has 27 heavy (non-hydrogen) atoms. The molecule has 0 saturated carbocycles. The maximum atomic E-state index is 13.6. The predicted molar refractivity (Wildman–Crippen MR) is 92.5 cm³/mol. The topological polar surface area (TPSA) is 64.6 Å². The van der Waals surface area contributed by atoms with E-state index < -0.39 is 35.4 Å². The molecule has 0 bridgehead atoms. The fourth-order valence-corrected chi connectivity index (χ4v) is 2.04. The van der Waals surface area contributed by atoms with Crippen molar-refractivity contribution in [3.05, 3.63) is 65.5 Å². The maximum absolute atomic E-state index is 13.6. The van der Waals surface area contributed by atoms with Crippen molar-refractivity contribution in [2.75, 3.05) is 12.4 Å². The van der Waals surface area contributed by atoms with Crippen molar-refractivity contribution < 1.29 is 32.2 Å². The summed E-state index contributed by atoms with van der Waals surface area (Å²) in [4.78, 5) is 23.7. The van der Waals surface area contributed by atoms with E-state index in [1.165, 1.54) is 44.4 Å². The second-order valence-electron chi connectivity index (χ2n) is 5.42. The molecule has 0 spiro atoms. The number of rotatable bonds is 6. The zero-order chi connectivity index (χ0) is 20.0. The summed E-state index contributed by atoms with van der Waals surface area (Å²) in [6.45, 7) is 1.31. The molecule has 0 aliphatic carbocycles. The Hall–Kier alpha value is -3.29. The van der Waals surface area contributed by atoms with Gasteiger partial charge in [0.15, 0.2) is 29.3 Å². The monoisotopic (exact) mass is 379 g/mol. The van der Waals surface area contributed by atoms with Crippen LogP contribution >= 0.6 is 0 Å². The number of benzene rings is 2. The molecule has 142 valence electrons. The lowest BCUT2D eigenvalue weighted by atomic mass is 10.2. The first-order valence-electron chi connectivity index (χ1n) is 7.78. The van der Waals surface area contributed by atoms with E-state index in [0.29, 0.717) is 5.56 Å². The van der Waals surface area contributed by atoms with Crippen LogP contribution in [0.1, 0.15) is 12.5 Å². The Balaban J connectivity index is 1.92. The van der Waals surface area contributed by atoms with E-state index in [2.05, 4.69) is 5.32 Å². The zero-order valence-electron chi connectivity index (χ0n) is 14.5. The van der Waals surface area contributed by atoms with Crippen molar-refractivity contribution in [3.8, 4) is 5.75 Å². The van der Waals surface area contributed by atoms with Gasteiger partial charge in [-0.05, 0) is 42.8 Å². The molecule has 2 aromatic rings. The molecule has 1 amide bonds. The van der Waals surface area contributed by atoms with Crippen molar-refractivity contribution in [2.45, 2.75) is 13.0 Å². The first-order valence-corrected chi connectivity index (χ1v) is 7.78. The molecule has 0 saturated heterocycles. The Morgan fingerprint density at radius 2 is 1.78 bits per heavy atom. The summed E-state index contributed by atoms with van der Waals surface area (Å²) in [6.07, 6.45) is 1.15. The van der Waals surface area contributed by atoms with Crippen molar-refractivity contribution >= 4 is 23.6 Å². The third-order valence-electron chi connectivity index (χ3n) is 3.44. The molecule has 0 aliphatic heterocycles. The number of carbonyl (C=O) groups excluding carboxylic acids is 2. The van der Waals surface area contributed by atoms with E-state index in [1.54, 1.807) is 0 Å². The predicted octanol–water partition coefficient (Wildman–Crippen LogP) is 3.70. The summed E-state index contributed by atoms with van der Waals surface area (Å²) in [5.41, 5.74) is 0.412. The van der Waals surface area contributed by atoms with Gasteiger partial charge in [-0.2, -0.15) is 0 Å². The summed E-state index contributed by atoms with van der Waals surface area (Å²) in [7, 11) is 1.33. The van der Waals surface area contributed by atoms with E-state index >= 15 is 0 Å². The van der Waals surface area contributed by atoms with E-state index in [9.17, 15) is 22.8 Å². The van der Waals surface area contributed by atoms with E-state index in [0.717, 1.165) is 18.2 Å². The number of halogens is 3. The smallest absolute Gasteiger partial charge is 0.331 e. The summed E-state index contributed by atoms with van der Waals surface area (Å²) < 4.78 is 49.3. The number of esters is 1. The maximum Gasteiger partial charge on any atom is 0.331 e. The third kappa shape index (κ3) is 5.60. The first-order chi connectivity index (χ1) is 12.8. The summed E-state index contributed by atoms with van der Waals surface area (Å²) in [5.74, 6) is -4.25. The lowest BCUT2D eigenvalue weighted by Gasteiger charge is -2.12. The number of methoxy groups -OCH3 is 1. The van der Waals surface area contributed by atoms with Gasteiger partial charge in [0.2, 0.25) is 0 Å². The third-order valence-corrected chi connectivity index (χ3v) is 3.44. The van der Waals surface area contributed by atoms with Crippen LogP contribution in [0.5, 0.6) is 5.75 Å². The van der Waals surface area contributed by atoms with Crippen LogP contribution < -0.4 is 10.1 Å². The van der Waals surface area contributed by atoms with Gasteiger partial charge in [0.25, 0.3) is 5.91 Å². The van der Waals surface area contributed by atoms with Crippen LogP contribution in [0.4, 0.5) is 18.9 Å². The summed E-state index contributed by atoms with van der Waals surface area (Å²) in [5, 5.41) is 2.30. The number of hydrogen-bond donors (Lipinski definition) is 1. The molecular formula is C19H16F3NO4.